The topological polar surface area (TPSA) is 49.7 Å². The van der Waals surface area contributed by atoms with Crippen LogP contribution in [0.15, 0.2) is 28.5 Å². The maximum Gasteiger partial charge on any atom is 0.332 e. The molecule has 6 heteroatoms. The lowest BCUT2D eigenvalue weighted by atomic mass is 10.1. The maximum absolute atomic E-state index is 13.2. The fourth-order valence-corrected chi connectivity index (χ4v) is 1.25. The van der Waals surface area contributed by atoms with Gasteiger partial charge in [-0.2, -0.15) is 0 Å². The second-order valence-electron chi connectivity index (χ2n) is 4.15. The summed E-state index contributed by atoms with van der Waals surface area (Å²) in [5, 5.41) is 8.96. The maximum atomic E-state index is 13.2. The van der Waals surface area contributed by atoms with E-state index < -0.39 is 30.2 Å². The van der Waals surface area contributed by atoms with Crippen LogP contribution in [-0.2, 0) is 4.79 Å². The van der Waals surface area contributed by atoms with Crippen molar-refractivity contribution in [3.8, 4) is 0 Å². The summed E-state index contributed by atoms with van der Waals surface area (Å²) < 4.78 is 38.8. The molecule has 0 spiro atoms. The molecule has 0 saturated heterocycles. The highest BCUT2D eigenvalue weighted by atomic mass is 19.2. The lowest BCUT2D eigenvalue weighted by Gasteiger charge is -2.09. The predicted octanol–water partition coefficient (Wildman–Crippen LogP) is 3.42. The summed E-state index contributed by atoms with van der Waals surface area (Å²) in [6.45, 7) is 5.44. The number of hydrogen-bond acceptors (Lipinski definition) is 2. The summed E-state index contributed by atoms with van der Waals surface area (Å²) in [5.74, 6) is -2.50. The Hall–Kier alpha value is -1.59. The number of allylic oxidation sites excluding steroid dienone is 3. The first-order valence-corrected chi connectivity index (χ1v) is 5.76. The molecule has 0 aromatic carbocycles. The summed E-state index contributed by atoms with van der Waals surface area (Å²) in [5.41, 5.74) is 0.450. The van der Waals surface area contributed by atoms with Crippen molar-refractivity contribution in [2.24, 2.45) is 4.99 Å². The third-order valence-electron chi connectivity index (χ3n) is 2.47. The second kappa shape index (κ2) is 7.76. The van der Waals surface area contributed by atoms with E-state index in [1.54, 1.807) is 19.9 Å². The van der Waals surface area contributed by atoms with Gasteiger partial charge >= 0.3 is 5.97 Å². The lowest BCUT2D eigenvalue weighted by Crippen LogP contribution is -2.21. The molecule has 0 aliphatic heterocycles. The average molecular weight is 277 g/mol. The predicted molar refractivity (Wildman–Crippen MR) is 68.6 cm³/mol. The van der Waals surface area contributed by atoms with Crippen LogP contribution in [0.5, 0.6) is 0 Å². The first kappa shape index (κ1) is 17.4. The zero-order valence-electron chi connectivity index (χ0n) is 11.3. The van der Waals surface area contributed by atoms with Crippen LogP contribution in [-0.4, -0.2) is 35.2 Å². The van der Waals surface area contributed by atoms with Gasteiger partial charge in [0.1, 0.15) is 12.0 Å². The van der Waals surface area contributed by atoms with Gasteiger partial charge < -0.3 is 5.11 Å². The van der Waals surface area contributed by atoms with Gasteiger partial charge in [-0.1, -0.05) is 6.08 Å². The molecule has 1 N–H and O–H groups in total. The van der Waals surface area contributed by atoms with Crippen molar-refractivity contribution in [3.05, 3.63) is 23.6 Å². The number of nitrogens with zero attached hydrogens (tertiary/aromatic N) is 1. The van der Waals surface area contributed by atoms with Gasteiger partial charge in [0.05, 0.1) is 0 Å². The van der Waals surface area contributed by atoms with Crippen LogP contribution >= 0.6 is 0 Å². The summed E-state index contributed by atoms with van der Waals surface area (Å²) in [7, 11) is 0. The van der Waals surface area contributed by atoms with E-state index in [9.17, 15) is 18.0 Å². The van der Waals surface area contributed by atoms with Crippen molar-refractivity contribution >= 4 is 11.7 Å². The molecule has 0 radical (unpaired) electrons. The standard InChI is InChI=1S/C13H18F3NO2/c1-5-7(2)12(13(18)19)17-8(3)6-10(15)11(16)9(4)14/h5-6,9,11-12H,1-4H3,(H,18,19)/b7-5?,10-6+,17-8?. The zero-order valence-corrected chi connectivity index (χ0v) is 11.3. The number of carbonyl (C=O) groups is 1. The Morgan fingerprint density at radius 1 is 1.32 bits per heavy atom. The van der Waals surface area contributed by atoms with E-state index in [0.29, 0.717) is 11.6 Å². The summed E-state index contributed by atoms with van der Waals surface area (Å²) in [6, 6.07) is -1.16. The third-order valence-corrected chi connectivity index (χ3v) is 2.47. The molecule has 3 atom stereocenters. The molecule has 3 unspecified atom stereocenters. The average Bonchev–Trinajstić information content (AvgIpc) is 2.33. The second-order valence-corrected chi connectivity index (χ2v) is 4.15. The normalized spacial score (nSPS) is 19.0. The molecule has 108 valence electrons. The number of halogens is 3. The van der Waals surface area contributed by atoms with Gasteiger partial charge in [0.25, 0.3) is 0 Å². The number of aliphatic carboxylic acids is 1. The van der Waals surface area contributed by atoms with Crippen LogP contribution in [0.3, 0.4) is 0 Å². The van der Waals surface area contributed by atoms with Crippen molar-refractivity contribution in [3.63, 3.8) is 0 Å². The molecule has 0 amide bonds. The van der Waals surface area contributed by atoms with E-state index in [2.05, 4.69) is 4.99 Å². The van der Waals surface area contributed by atoms with Crippen LogP contribution < -0.4 is 0 Å². The molecule has 0 aromatic heterocycles. The fourth-order valence-electron chi connectivity index (χ4n) is 1.25. The van der Waals surface area contributed by atoms with Gasteiger partial charge in [-0.15, -0.1) is 0 Å². The highest BCUT2D eigenvalue weighted by molar-refractivity contribution is 5.95. The monoisotopic (exact) mass is 277 g/mol. The van der Waals surface area contributed by atoms with Gasteiger partial charge in [0, 0.05) is 5.71 Å². The van der Waals surface area contributed by atoms with Crippen LogP contribution in [0.25, 0.3) is 0 Å². The van der Waals surface area contributed by atoms with Crippen molar-refractivity contribution in [1.29, 1.82) is 0 Å². The van der Waals surface area contributed by atoms with Crippen LogP contribution in [0.4, 0.5) is 13.2 Å². The first-order chi connectivity index (χ1) is 8.70. The van der Waals surface area contributed by atoms with E-state index in [1.807, 2.05) is 0 Å². The Kier molecular flexibility index (Phi) is 7.11. The molecule has 0 rings (SSSR count). The molecule has 0 bridgehead atoms. The van der Waals surface area contributed by atoms with Crippen LogP contribution in [0.2, 0.25) is 0 Å². The van der Waals surface area contributed by atoms with E-state index in [4.69, 9.17) is 5.11 Å². The molecular formula is C13H18F3NO2. The minimum Gasteiger partial charge on any atom is -0.479 e. The number of rotatable bonds is 6. The number of carboxylic acids is 1. The van der Waals surface area contributed by atoms with Crippen molar-refractivity contribution in [1.82, 2.24) is 0 Å². The highest BCUT2D eigenvalue weighted by Crippen LogP contribution is 2.16. The highest BCUT2D eigenvalue weighted by Gasteiger charge is 2.21. The van der Waals surface area contributed by atoms with Crippen molar-refractivity contribution < 1.29 is 23.1 Å². The molecule has 0 aliphatic carbocycles. The minimum absolute atomic E-state index is 0.0191. The molecule has 0 aliphatic rings. The summed E-state index contributed by atoms with van der Waals surface area (Å²) in [6.07, 6.45) is -2.07. The van der Waals surface area contributed by atoms with E-state index in [-0.39, 0.29) is 5.71 Å². The number of hydrogen-bond donors (Lipinski definition) is 1. The molecule has 0 heterocycles. The SMILES string of the molecule is CC=C(C)C(N=C(C)/C=C(/F)C(F)C(C)F)C(=O)O. The number of carboxylic acid groups (broad SMARTS) is 1. The third kappa shape index (κ3) is 5.72. The molecule has 0 fully saturated rings. The largest absolute Gasteiger partial charge is 0.479 e. The van der Waals surface area contributed by atoms with E-state index >= 15 is 0 Å². The quantitative estimate of drug-likeness (QED) is 0.597. The molecule has 3 nitrogen and oxygen atoms in total. The minimum atomic E-state index is -2.36. The van der Waals surface area contributed by atoms with Crippen LogP contribution in [0, 0.1) is 0 Å². The fraction of sp³-hybridized carbons (Fsp3) is 0.538. The summed E-state index contributed by atoms with van der Waals surface area (Å²) in [4.78, 5) is 14.7. The van der Waals surface area contributed by atoms with Gasteiger partial charge in [-0.3, -0.25) is 4.99 Å². The van der Waals surface area contributed by atoms with Crippen molar-refractivity contribution in [2.45, 2.75) is 46.1 Å². The Morgan fingerprint density at radius 2 is 1.84 bits per heavy atom. The Morgan fingerprint density at radius 3 is 2.21 bits per heavy atom. The van der Waals surface area contributed by atoms with Crippen LogP contribution in [0.1, 0.15) is 27.7 Å². The lowest BCUT2D eigenvalue weighted by molar-refractivity contribution is -0.137. The molecule has 0 aromatic rings. The van der Waals surface area contributed by atoms with E-state index in [0.717, 1.165) is 6.92 Å². The molecule has 0 saturated carbocycles. The molecular weight excluding hydrogens is 259 g/mol. The van der Waals surface area contributed by atoms with Crippen molar-refractivity contribution in [2.75, 3.05) is 0 Å². The van der Waals surface area contributed by atoms with Gasteiger partial charge in [0.2, 0.25) is 0 Å². The Labute approximate surface area is 110 Å². The Balaban J connectivity index is 5.17. The smallest absolute Gasteiger partial charge is 0.332 e. The molecule has 19 heavy (non-hydrogen) atoms. The van der Waals surface area contributed by atoms with Gasteiger partial charge in [-0.05, 0) is 39.3 Å². The van der Waals surface area contributed by atoms with E-state index in [1.165, 1.54) is 6.92 Å². The number of alkyl halides is 2. The first-order valence-electron chi connectivity index (χ1n) is 5.76. The number of aliphatic imine (C=N–C) groups is 1. The summed E-state index contributed by atoms with van der Waals surface area (Å²) >= 11 is 0. The zero-order chi connectivity index (χ0) is 15.2. The van der Waals surface area contributed by atoms with Gasteiger partial charge in [-0.25, -0.2) is 18.0 Å². The van der Waals surface area contributed by atoms with Gasteiger partial charge in [0.15, 0.2) is 12.2 Å². The Bertz CT molecular complexity index is 414.